The van der Waals surface area contributed by atoms with Crippen LogP contribution < -0.4 is 14.2 Å². The van der Waals surface area contributed by atoms with E-state index in [1.54, 1.807) is 38.3 Å². The Morgan fingerprint density at radius 3 is 2.44 bits per heavy atom. The van der Waals surface area contributed by atoms with Crippen LogP contribution >= 0.6 is 0 Å². The van der Waals surface area contributed by atoms with E-state index >= 15 is 0 Å². The normalized spacial score (nSPS) is 11.9. The topological polar surface area (TPSA) is 48.0 Å². The lowest BCUT2D eigenvalue weighted by molar-refractivity contribution is -0.126. The van der Waals surface area contributed by atoms with Gasteiger partial charge in [-0.15, -0.1) is 0 Å². The van der Waals surface area contributed by atoms with E-state index in [-0.39, 0.29) is 11.9 Å². The van der Waals surface area contributed by atoms with Gasteiger partial charge in [-0.05, 0) is 43.7 Å². The van der Waals surface area contributed by atoms with E-state index in [9.17, 15) is 4.79 Å². The van der Waals surface area contributed by atoms with Crippen molar-refractivity contribution in [3.63, 3.8) is 0 Å². The van der Waals surface area contributed by atoms with Crippen molar-refractivity contribution >= 4 is 12.0 Å². The van der Waals surface area contributed by atoms with Crippen LogP contribution in [0.2, 0.25) is 0 Å². The molecule has 5 heteroatoms. The third-order valence-electron chi connectivity index (χ3n) is 4.42. The van der Waals surface area contributed by atoms with E-state index in [4.69, 9.17) is 14.2 Å². The summed E-state index contributed by atoms with van der Waals surface area (Å²) in [4.78, 5) is 14.3. The van der Waals surface area contributed by atoms with Crippen molar-refractivity contribution < 1.29 is 19.0 Å². The van der Waals surface area contributed by atoms with E-state index in [0.29, 0.717) is 18.1 Å². The fourth-order valence-corrected chi connectivity index (χ4v) is 2.76. The maximum atomic E-state index is 12.6. The Kier molecular flexibility index (Phi) is 7.29. The van der Waals surface area contributed by atoms with Gasteiger partial charge in [0.05, 0.1) is 26.9 Å². The van der Waals surface area contributed by atoms with Crippen LogP contribution in [0.4, 0.5) is 0 Å². The van der Waals surface area contributed by atoms with E-state index < -0.39 is 0 Å². The average Bonchev–Trinajstić information content (AvgIpc) is 2.71. The molecule has 1 atom stereocenters. The Morgan fingerprint density at radius 2 is 1.78 bits per heavy atom. The zero-order chi connectivity index (χ0) is 19.8. The highest BCUT2D eigenvalue weighted by atomic mass is 16.5. The molecular weight excluding hydrogens is 342 g/mol. The summed E-state index contributed by atoms with van der Waals surface area (Å²) >= 11 is 0. The number of hydrogen-bond donors (Lipinski definition) is 0. The summed E-state index contributed by atoms with van der Waals surface area (Å²) in [5, 5.41) is 0. The minimum absolute atomic E-state index is 0.0961. The third-order valence-corrected chi connectivity index (χ3v) is 4.42. The average molecular weight is 369 g/mol. The SMILES string of the molecule is CCOc1ccc(/C=C/C(=O)N(C)C(C)c2ccccc2OC)cc1OC. The zero-order valence-corrected chi connectivity index (χ0v) is 16.6. The van der Waals surface area contributed by atoms with Crippen molar-refractivity contribution in [1.29, 1.82) is 0 Å². The first-order valence-corrected chi connectivity index (χ1v) is 8.90. The molecule has 0 N–H and O–H groups in total. The molecule has 0 heterocycles. The second kappa shape index (κ2) is 9.67. The number of para-hydroxylation sites is 1. The highest BCUT2D eigenvalue weighted by Crippen LogP contribution is 2.30. The number of likely N-dealkylation sites (N-methyl/N-ethyl adjacent to an activating group) is 1. The summed E-state index contributed by atoms with van der Waals surface area (Å²) < 4.78 is 16.3. The molecule has 0 saturated carbocycles. The number of methoxy groups -OCH3 is 2. The number of carbonyl (C=O) groups is 1. The fourth-order valence-electron chi connectivity index (χ4n) is 2.76. The quantitative estimate of drug-likeness (QED) is 0.650. The summed E-state index contributed by atoms with van der Waals surface area (Å²) in [5.74, 6) is 2.00. The minimum Gasteiger partial charge on any atom is -0.496 e. The summed E-state index contributed by atoms with van der Waals surface area (Å²) in [7, 11) is 5.01. The molecular formula is C22H27NO4. The highest BCUT2D eigenvalue weighted by molar-refractivity contribution is 5.92. The molecule has 0 bridgehead atoms. The Hall–Kier alpha value is -2.95. The van der Waals surface area contributed by atoms with Gasteiger partial charge in [0.1, 0.15) is 5.75 Å². The van der Waals surface area contributed by atoms with Crippen LogP contribution in [0.15, 0.2) is 48.5 Å². The van der Waals surface area contributed by atoms with Crippen LogP contribution in [0.3, 0.4) is 0 Å². The van der Waals surface area contributed by atoms with Crippen LogP contribution in [0.5, 0.6) is 17.2 Å². The van der Waals surface area contributed by atoms with E-state index in [1.165, 1.54) is 0 Å². The first kappa shape index (κ1) is 20.4. The molecule has 0 radical (unpaired) electrons. The Balaban J connectivity index is 2.13. The predicted molar refractivity (Wildman–Crippen MR) is 107 cm³/mol. The van der Waals surface area contributed by atoms with Gasteiger partial charge in [0, 0.05) is 18.7 Å². The lowest BCUT2D eigenvalue weighted by Crippen LogP contribution is -2.28. The first-order chi connectivity index (χ1) is 13.0. The van der Waals surface area contributed by atoms with Gasteiger partial charge in [-0.25, -0.2) is 0 Å². The molecule has 27 heavy (non-hydrogen) atoms. The smallest absolute Gasteiger partial charge is 0.246 e. The van der Waals surface area contributed by atoms with E-state index in [0.717, 1.165) is 16.9 Å². The summed E-state index contributed by atoms with van der Waals surface area (Å²) in [6.07, 6.45) is 3.33. The predicted octanol–water partition coefficient (Wildman–Crippen LogP) is 4.34. The van der Waals surface area contributed by atoms with Crippen molar-refractivity contribution in [2.24, 2.45) is 0 Å². The molecule has 2 aromatic rings. The van der Waals surface area contributed by atoms with Crippen molar-refractivity contribution in [3.05, 3.63) is 59.7 Å². The monoisotopic (exact) mass is 369 g/mol. The zero-order valence-electron chi connectivity index (χ0n) is 16.6. The number of carbonyl (C=O) groups excluding carboxylic acids is 1. The molecule has 0 spiro atoms. The van der Waals surface area contributed by atoms with Crippen molar-refractivity contribution in [3.8, 4) is 17.2 Å². The Labute approximate surface area is 161 Å². The van der Waals surface area contributed by atoms with Crippen molar-refractivity contribution in [2.75, 3.05) is 27.9 Å². The molecule has 1 amide bonds. The molecule has 1 unspecified atom stereocenters. The number of hydrogen-bond acceptors (Lipinski definition) is 4. The lowest BCUT2D eigenvalue weighted by atomic mass is 10.1. The van der Waals surface area contributed by atoms with Crippen molar-refractivity contribution in [1.82, 2.24) is 4.90 Å². The Bertz CT molecular complexity index is 801. The third kappa shape index (κ3) is 5.03. The van der Waals surface area contributed by atoms with Crippen LogP contribution in [0, 0.1) is 0 Å². The highest BCUT2D eigenvalue weighted by Gasteiger charge is 2.18. The molecule has 0 aromatic heterocycles. The first-order valence-electron chi connectivity index (χ1n) is 8.90. The molecule has 2 rings (SSSR count). The van der Waals surface area contributed by atoms with Gasteiger partial charge in [-0.1, -0.05) is 24.3 Å². The van der Waals surface area contributed by atoms with Gasteiger partial charge >= 0.3 is 0 Å². The molecule has 0 aliphatic carbocycles. The van der Waals surface area contributed by atoms with Crippen LogP contribution in [0.1, 0.15) is 31.0 Å². The minimum atomic E-state index is -0.117. The molecule has 0 saturated heterocycles. The standard InChI is InChI=1S/C22H27NO4/c1-6-27-20-13-11-17(15-21(20)26-5)12-14-22(24)23(3)16(2)18-9-7-8-10-19(18)25-4/h7-16H,6H2,1-5H3/b14-12+. The van der Waals surface area contributed by atoms with E-state index in [2.05, 4.69) is 0 Å². The van der Waals surface area contributed by atoms with Gasteiger partial charge < -0.3 is 19.1 Å². The molecule has 144 valence electrons. The second-order valence-corrected chi connectivity index (χ2v) is 6.04. The van der Waals surface area contributed by atoms with Crippen LogP contribution in [-0.2, 0) is 4.79 Å². The summed E-state index contributed by atoms with van der Waals surface area (Å²) in [6.45, 7) is 4.46. The van der Waals surface area contributed by atoms with Gasteiger partial charge in [-0.2, -0.15) is 0 Å². The van der Waals surface area contributed by atoms with Gasteiger partial charge in [0.25, 0.3) is 0 Å². The van der Waals surface area contributed by atoms with Crippen molar-refractivity contribution in [2.45, 2.75) is 19.9 Å². The molecule has 2 aromatic carbocycles. The maximum Gasteiger partial charge on any atom is 0.246 e. The Morgan fingerprint density at radius 1 is 1.07 bits per heavy atom. The lowest BCUT2D eigenvalue weighted by Gasteiger charge is -2.25. The van der Waals surface area contributed by atoms with Gasteiger partial charge in [-0.3, -0.25) is 4.79 Å². The fraction of sp³-hybridized carbons (Fsp3) is 0.318. The largest absolute Gasteiger partial charge is 0.496 e. The maximum absolute atomic E-state index is 12.6. The second-order valence-electron chi connectivity index (χ2n) is 6.04. The number of nitrogens with zero attached hydrogens (tertiary/aromatic N) is 1. The van der Waals surface area contributed by atoms with Gasteiger partial charge in [0.2, 0.25) is 5.91 Å². The number of rotatable bonds is 8. The number of ether oxygens (including phenoxy) is 3. The molecule has 0 aliphatic rings. The van der Waals surface area contributed by atoms with Crippen LogP contribution in [-0.4, -0.2) is 38.7 Å². The summed E-state index contributed by atoms with van der Waals surface area (Å²) in [5.41, 5.74) is 1.83. The molecule has 5 nitrogen and oxygen atoms in total. The number of amides is 1. The van der Waals surface area contributed by atoms with E-state index in [1.807, 2.05) is 56.3 Å². The molecule has 0 fully saturated rings. The molecule has 0 aliphatic heterocycles. The van der Waals surface area contributed by atoms with Gasteiger partial charge in [0.15, 0.2) is 11.5 Å². The summed E-state index contributed by atoms with van der Waals surface area (Å²) in [6, 6.07) is 13.2. The number of benzene rings is 2. The van der Waals surface area contributed by atoms with Crippen LogP contribution in [0.25, 0.3) is 6.08 Å².